The van der Waals surface area contributed by atoms with Crippen molar-refractivity contribution >= 4 is 5.97 Å². The lowest BCUT2D eigenvalue weighted by atomic mass is 9.78. The minimum Gasteiger partial charge on any atom is -0.462 e. The number of nitriles is 1. The van der Waals surface area contributed by atoms with Crippen molar-refractivity contribution in [2.75, 3.05) is 0 Å². The number of esters is 1. The molecule has 0 bridgehead atoms. The molecular formula is C26H34FNO2. The molecule has 0 aromatic heterocycles. The molecule has 0 atom stereocenters. The molecule has 4 heteroatoms. The molecule has 2 saturated carbocycles. The fourth-order valence-corrected chi connectivity index (χ4v) is 4.98. The molecule has 0 radical (unpaired) electrons. The molecule has 162 valence electrons. The molecule has 30 heavy (non-hydrogen) atoms. The highest BCUT2D eigenvalue weighted by Gasteiger charge is 2.31. The zero-order valence-corrected chi connectivity index (χ0v) is 18.1. The number of benzene rings is 1. The van der Waals surface area contributed by atoms with Crippen LogP contribution in [-0.4, -0.2) is 12.1 Å². The molecule has 0 aliphatic heterocycles. The van der Waals surface area contributed by atoms with E-state index < -0.39 is 5.83 Å². The lowest BCUT2D eigenvalue weighted by molar-refractivity contribution is -0.157. The summed E-state index contributed by atoms with van der Waals surface area (Å²) in [6, 6.07) is 10.5. The van der Waals surface area contributed by atoms with Gasteiger partial charge in [0.2, 0.25) is 0 Å². The van der Waals surface area contributed by atoms with Crippen LogP contribution in [0, 0.1) is 23.2 Å². The Bertz CT molecular complexity index is 748. The first-order valence-electron chi connectivity index (χ1n) is 11.6. The lowest BCUT2D eigenvalue weighted by Gasteiger charge is -2.31. The molecule has 1 aromatic carbocycles. The number of rotatable bonds is 7. The van der Waals surface area contributed by atoms with Crippen molar-refractivity contribution in [2.45, 2.75) is 89.6 Å². The van der Waals surface area contributed by atoms with Crippen LogP contribution in [-0.2, 0) is 16.0 Å². The standard InChI is InChI=1S/C26H34FNO2/c1-2-19-6-10-21(11-7-19)22-12-14-23(15-13-22)26(29)30-25-16-8-20(9-17-25)4-3-5-24(27)18-28/h5-7,10-11,20,22-23,25H,2-4,8-9,12-17H2,1H3. The summed E-state index contributed by atoms with van der Waals surface area (Å²) in [6.45, 7) is 2.17. The van der Waals surface area contributed by atoms with Gasteiger partial charge in [-0.1, -0.05) is 31.2 Å². The average molecular weight is 412 g/mol. The van der Waals surface area contributed by atoms with E-state index in [0.717, 1.165) is 64.2 Å². The van der Waals surface area contributed by atoms with E-state index in [0.29, 0.717) is 18.3 Å². The highest BCUT2D eigenvalue weighted by atomic mass is 19.1. The van der Waals surface area contributed by atoms with Crippen LogP contribution < -0.4 is 0 Å². The third-order valence-electron chi connectivity index (χ3n) is 7.00. The van der Waals surface area contributed by atoms with Crippen LogP contribution in [0.1, 0.15) is 88.2 Å². The van der Waals surface area contributed by atoms with Gasteiger partial charge in [0.15, 0.2) is 5.83 Å². The first kappa shape index (κ1) is 22.5. The van der Waals surface area contributed by atoms with Crippen molar-refractivity contribution in [3.05, 3.63) is 47.3 Å². The molecule has 0 N–H and O–H groups in total. The number of carbonyl (C=O) groups excluding carboxylic acids is 1. The fraction of sp³-hybridized carbons (Fsp3) is 0.615. The molecular weight excluding hydrogens is 377 g/mol. The van der Waals surface area contributed by atoms with Gasteiger partial charge in [-0.2, -0.15) is 9.65 Å². The maximum atomic E-state index is 12.9. The molecule has 1 aromatic rings. The van der Waals surface area contributed by atoms with Gasteiger partial charge in [-0.25, -0.2) is 0 Å². The predicted molar refractivity (Wildman–Crippen MR) is 116 cm³/mol. The molecule has 3 nitrogen and oxygen atoms in total. The van der Waals surface area contributed by atoms with E-state index in [-0.39, 0.29) is 18.0 Å². The van der Waals surface area contributed by atoms with E-state index in [1.807, 2.05) is 0 Å². The summed E-state index contributed by atoms with van der Waals surface area (Å²) >= 11 is 0. The van der Waals surface area contributed by atoms with Crippen LogP contribution in [0.3, 0.4) is 0 Å². The molecule has 2 aliphatic carbocycles. The van der Waals surface area contributed by atoms with Crippen LogP contribution >= 0.6 is 0 Å². The highest BCUT2D eigenvalue weighted by Crippen LogP contribution is 2.37. The quantitative estimate of drug-likeness (QED) is 0.367. The Balaban J connectivity index is 1.36. The van der Waals surface area contributed by atoms with Gasteiger partial charge in [-0.3, -0.25) is 4.79 Å². The minimum absolute atomic E-state index is 0.00254. The van der Waals surface area contributed by atoms with Crippen LogP contribution in [0.4, 0.5) is 4.39 Å². The van der Waals surface area contributed by atoms with Crippen molar-refractivity contribution in [1.29, 1.82) is 5.26 Å². The Morgan fingerprint density at radius 2 is 1.77 bits per heavy atom. The SMILES string of the molecule is CCc1ccc(C2CCC(C(=O)OC3CCC(CCC=C(F)C#N)CC3)CC2)cc1. The van der Waals surface area contributed by atoms with Gasteiger partial charge in [0.25, 0.3) is 0 Å². The Hall–Kier alpha value is -2.15. The minimum atomic E-state index is -0.690. The van der Waals surface area contributed by atoms with E-state index in [1.165, 1.54) is 23.3 Å². The molecule has 3 rings (SSSR count). The second-order valence-corrected chi connectivity index (χ2v) is 8.96. The number of aryl methyl sites for hydroxylation is 1. The zero-order chi connectivity index (χ0) is 21.3. The van der Waals surface area contributed by atoms with Gasteiger partial charge in [0, 0.05) is 0 Å². The molecule has 0 unspecified atom stereocenters. The van der Waals surface area contributed by atoms with Crippen molar-refractivity contribution in [3.8, 4) is 6.07 Å². The van der Waals surface area contributed by atoms with Crippen molar-refractivity contribution in [3.63, 3.8) is 0 Å². The van der Waals surface area contributed by atoms with E-state index in [1.54, 1.807) is 0 Å². The normalized spacial score (nSPS) is 27.3. The summed E-state index contributed by atoms with van der Waals surface area (Å²) in [7, 11) is 0. The summed E-state index contributed by atoms with van der Waals surface area (Å²) in [4.78, 5) is 12.7. The van der Waals surface area contributed by atoms with Gasteiger partial charge in [0.1, 0.15) is 12.2 Å². The number of hydrogen-bond donors (Lipinski definition) is 0. The van der Waals surface area contributed by atoms with Gasteiger partial charge < -0.3 is 4.74 Å². The Morgan fingerprint density at radius 3 is 2.37 bits per heavy atom. The van der Waals surface area contributed by atoms with E-state index in [2.05, 4.69) is 31.2 Å². The van der Waals surface area contributed by atoms with Gasteiger partial charge in [0.05, 0.1) is 5.92 Å². The molecule has 2 aliphatic rings. The number of ether oxygens (including phenoxy) is 1. The van der Waals surface area contributed by atoms with Gasteiger partial charge in [-0.05, 0) is 99.7 Å². The smallest absolute Gasteiger partial charge is 0.309 e. The summed E-state index contributed by atoms with van der Waals surface area (Å²) in [5.41, 5.74) is 2.78. The fourth-order valence-electron chi connectivity index (χ4n) is 4.98. The van der Waals surface area contributed by atoms with E-state index in [4.69, 9.17) is 10.00 Å². The average Bonchev–Trinajstić information content (AvgIpc) is 2.80. The summed E-state index contributed by atoms with van der Waals surface area (Å²) in [6.07, 6.45) is 11.8. The summed E-state index contributed by atoms with van der Waals surface area (Å²) in [5.74, 6) is 0.461. The third kappa shape index (κ3) is 6.42. The molecule has 0 heterocycles. The number of allylic oxidation sites excluding steroid dienone is 2. The number of halogens is 1. The molecule has 0 amide bonds. The van der Waals surface area contributed by atoms with Crippen LogP contribution in [0.2, 0.25) is 0 Å². The number of nitrogens with zero attached hydrogens (tertiary/aromatic N) is 1. The lowest BCUT2D eigenvalue weighted by Crippen LogP contribution is -2.29. The van der Waals surface area contributed by atoms with E-state index >= 15 is 0 Å². The van der Waals surface area contributed by atoms with Crippen LogP contribution in [0.15, 0.2) is 36.2 Å². The van der Waals surface area contributed by atoms with Gasteiger partial charge >= 0.3 is 5.97 Å². The maximum Gasteiger partial charge on any atom is 0.309 e. The van der Waals surface area contributed by atoms with E-state index in [9.17, 15) is 9.18 Å². The second-order valence-electron chi connectivity index (χ2n) is 8.96. The largest absolute Gasteiger partial charge is 0.462 e. The second kappa shape index (κ2) is 11.3. The monoisotopic (exact) mass is 411 g/mol. The van der Waals surface area contributed by atoms with Crippen molar-refractivity contribution in [1.82, 2.24) is 0 Å². The Labute approximate surface area is 180 Å². The van der Waals surface area contributed by atoms with Crippen LogP contribution in [0.25, 0.3) is 0 Å². The maximum absolute atomic E-state index is 12.9. The highest BCUT2D eigenvalue weighted by molar-refractivity contribution is 5.72. The van der Waals surface area contributed by atoms with Gasteiger partial charge in [-0.15, -0.1) is 0 Å². The van der Waals surface area contributed by atoms with Crippen LogP contribution in [0.5, 0.6) is 0 Å². The predicted octanol–water partition coefficient (Wildman–Crippen LogP) is 6.78. The first-order valence-corrected chi connectivity index (χ1v) is 11.6. The third-order valence-corrected chi connectivity index (χ3v) is 7.00. The summed E-state index contributed by atoms with van der Waals surface area (Å²) in [5, 5.41) is 8.45. The van der Waals surface area contributed by atoms with Crippen molar-refractivity contribution in [2.24, 2.45) is 11.8 Å². The Kier molecular flexibility index (Phi) is 8.49. The topological polar surface area (TPSA) is 50.1 Å². The molecule has 0 saturated heterocycles. The molecule has 0 spiro atoms. The number of hydrogen-bond acceptors (Lipinski definition) is 3. The molecule has 2 fully saturated rings. The number of carbonyl (C=O) groups is 1. The van der Waals surface area contributed by atoms with Crippen molar-refractivity contribution < 1.29 is 13.9 Å². The first-order chi connectivity index (χ1) is 14.6. The Morgan fingerprint density at radius 1 is 1.10 bits per heavy atom. The summed E-state index contributed by atoms with van der Waals surface area (Å²) < 4.78 is 18.7. The zero-order valence-electron chi connectivity index (χ0n) is 18.1.